The topological polar surface area (TPSA) is 75.2 Å². The van der Waals surface area contributed by atoms with Gasteiger partial charge in [-0.3, -0.25) is 0 Å². The van der Waals surface area contributed by atoms with E-state index in [1.807, 2.05) is 6.92 Å². The molecule has 2 aromatic rings. The smallest absolute Gasteiger partial charge is 0.211 e. The van der Waals surface area contributed by atoms with Gasteiger partial charge in [-0.15, -0.1) is 11.3 Å². The Morgan fingerprint density at radius 3 is 2.59 bits per heavy atom. The molecule has 0 spiro atoms. The second-order valence-electron chi connectivity index (χ2n) is 5.80. The maximum absolute atomic E-state index is 11.6. The first-order chi connectivity index (χ1) is 10.3. The van der Waals surface area contributed by atoms with E-state index >= 15 is 0 Å². The summed E-state index contributed by atoms with van der Waals surface area (Å²) < 4.78 is 24.7. The lowest BCUT2D eigenvalue weighted by molar-refractivity contribution is 0.331. The predicted octanol–water partition coefficient (Wildman–Crippen LogP) is 2.14. The summed E-state index contributed by atoms with van der Waals surface area (Å²) in [4.78, 5) is 10.0. The van der Waals surface area contributed by atoms with Crippen molar-refractivity contribution in [1.29, 1.82) is 0 Å². The molecule has 1 fully saturated rings. The van der Waals surface area contributed by atoms with Crippen LogP contribution in [0.2, 0.25) is 0 Å². The van der Waals surface area contributed by atoms with Crippen molar-refractivity contribution in [3.05, 3.63) is 16.8 Å². The highest BCUT2D eigenvalue weighted by molar-refractivity contribution is 7.88. The third kappa shape index (κ3) is 3.09. The number of rotatable bonds is 3. The fourth-order valence-electron chi connectivity index (χ4n) is 2.82. The fraction of sp³-hybridized carbons (Fsp3) is 0.571. The number of piperidine rings is 1. The number of sulfonamides is 1. The lowest BCUT2D eigenvalue weighted by Crippen LogP contribution is -2.42. The molecule has 2 aromatic heterocycles. The van der Waals surface area contributed by atoms with Crippen molar-refractivity contribution in [1.82, 2.24) is 14.3 Å². The zero-order valence-electron chi connectivity index (χ0n) is 13.0. The number of hydrogen-bond donors (Lipinski definition) is 1. The Bertz CT molecular complexity index is 793. The summed E-state index contributed by atoms with van der Waals surface area (Å²) in [6.45, 7) is 5.08. The highest BCUT2D eigenvalue weighted by Crippen LogP contribution is 2.30. The number of aryl methyl sites for hydroxylation is 2. The minimum Gasteiger partial charge on any atom is -0.367 e. The molecule has 22 heavy (non-hydrogen) atoms. The van der Waals surface area contributed by atoms with Crippen LogP contribution in [-0.2, 0) is 10.0 Å². The molecule has 120 valence electrons. The number of hydrogen-bond acceptors (Lipinski definition) is 6. The Hall–Kier alpha value is -1.25. The molecule has 0 unspecified atom stereocenters. The molecule has 1 N–H and O–H groups in total. The average molecular weight is 340 g/mol. The van der Waals surface area contributed by atoms with Crippen LogP contribution < -0.4 is 5.32 Å². The van der Waals surface area contributed by atoms with Crippen LogP contribution in [0.15, 0.2) is 5.38 Å². The monoisotopic (exact) mass is 340 g/mol. The summed E-state index contributed by atoms with van der Waals surface area (Å²) in [5.41, 5.74) is 1.18. The second-order valence-corrected chi connectivity index (χ2v) is 8.64. The number of nitrogens with one attached hydrogen (secondary N) is 1. The average Bonchev–Trinajstić information content (AvgIpc) is 2.80. The normalized spacial score (nSPS) is 18.0. The number of fused-ring (bicyclic) bond motifs is 1. The standard InChI is InChI=1S/C14H20N4O2S2/c1-9-8-21-14-12(9)13(15-10(2)16-14)17-11-4-6-18(7-5-11)22(3,19)20/h8,11H,4-7H2,1-3H3,(H,15,16,17). The Morgan fingerprint density at radius 1 is 1.27 bits per heavy atom. The first kappa shape index (κ1) is 15.6. The number of aromatic nitrogens is 2. The van der Waals surface area contributed by atoms with Crippen LogP contribution in [0.5, 0.6) is 0 Å². The Labute approximate surface area is 134 Å². The van der Waals surface area contributed by atoms with E-state index in [2.05, 4.69) is 27.6 Å². The van der Waals surface area contributed by atoms with Crippen molar-refractivity contribution in [3.8, 4) is 0 Å². The summed E-state index contributed by atoms with van der Waals surface area (Å²) in [5.74, 6) is 1.63. The van der Waals surface area contributed by atoms with Gasteiger partial charge in [0.25, 0.3) is 0 Å². The van der Waals surface area contributed by atoms with E-state index in [0.717, 1.165) is 34.7 Å². The van der Waals surface area contributed by atoms with Crippen LogP contribution in [0.4, 0.5) is 5.82 Å². The molecular formula is C14H20N4O2S2. The van der Waals surface area contributed by atoms with E-state index in [4.69, 9.17) is 0 Å². The molecule has 0 saturated carbocycles. The molecule has 1 aliphatic heterocycles. The van der Waals surface area contributed by atoms with Gasteiger partial charge in [-0.2, -0.15) is 0 Å². The largest absolute Gasteiger partial charge is 0.367 e. The zero-order chi connectivity index (χ0) is 15.9. The summed E-state index contributed by atoms with van der Waals surface area (Å²) in [7, 11) is -3.08. The molecule has 8 heteroatoms. The minimum atomic E-state index is -3.08. The SMILES string of the molecule is Cc1nc(NC2CCN(S(C)(=O)=O)CC2)c2c(C)csc2n1. The lowest BCUT2D eigenvalue weighted by atomic mass is 10.1. The van der Waals surface area contributed by atoms with E-state index in [1.54, 1.807) is 15.6 Å². The van der Waals surface area contributed by atoms with E-state index in [-0.39, 0.29) is 6.04 Å². The number of anilines is 1. The molecule has 3 heterocycles. The van der Waals surface area contributed by atoms with Gasteiger partial charge in [0.15, 0.2) is 0 Å². The quantitative estimate of drug-likeness (QED) is 0.926. The molecule has 0 atom stereocenters. The van der Waals surface area contributed by atoms with Gasteiger partial charge in [0, 0.05) is 19.1 Å². The van der Waals surface area contributed by atoms with Gasteiger partial charge < -0.3 is 5.32 Å². The minimum absolute atomic E-state index is 0.245. The Morgan fingerprint density at radius 2 is 1.95 bits per heavy atom. The molecule has 0 aromatic carbocycles. The first-order valence-corrected chi connectivity index (χ1v) is 10.0. The first-order valence-electron chi connectivity index (χ1n) is 7.28. The molecule has 0 radical (unpaired) electrons. The summed E-state index contributed by atoms with van der Waals surface area (Å²) in [6, 6.07) is 0.245. The van der Waals surface area contributed by atoms with Crippen molar-refractivity contribution in [2.75, 3.05) is 24.7 Å². The van der Waals surface area contributed by atoms with Crippen molar-refractivity contribution in [3.63, 3.8) is 0 Å². The van der Waals surface area contributed by atoms with Crippen molar-refractivity contribution in [2.24, 2.45) is 0 Å². The number of nitrogens with zero attached hydrogens (tertiary/aromatic N) is 3. The summed E-state index contributed by atoms with van der Waals surface area (Å²) in [6.07, 6.45) is 2.86. The maximum atomic E-state index is 11.6. The van der Waals surface area contributed by atoms with Crippen molar-refractivity contribution < 1.29 is 8.42 Å². The molecule has 6 nitrogen and oxygen atoms in total. The highest BCUT2D eigenvalue weighted by atomic mass is 32.2. The molecule has 0 aliphatic carbocycles. The highest BCUT2D eigenvalue weighted by Gasteiger charge is 2.25. The van der Waals surface area contributed by atoms with Crippen LogP contribution in [-0.4, -0.2) is 48.1 Å². The third-order valence-corrected chi connectivity index (χ3v) is 6.29. The van der Waals surface area contributed by atoms with Crippen molar-refractivity contribution in [2.45, 2.75) is 32.7 Å². The number of thiophene rings is 1. The third-order valence-electron chi connectivity index (χ3n) is 3.99. The van der Waals surface area contributed by atoms with E-state index in [9.17, 15) is 8.42 Å². The van der Waals surface area contributed by atoms with Gasteiger partial charge in [-0.05, 0) is 37.6 Å². The molecule has 3 rings (SSSR count). The Kier molecular flexibility index (Phi) is 4.09. The van der Waals surface area contributed by atoms with Crippen LogP contribution in [0.1, 0.15) is 24.2 Å². The van der Waals surface area contributed by atoms with Gasteiger partial charge in [0.2, 0.25) is 10.0 Å². The van der Waals surface area contributed by atoms with Crippen molar-refractivity contribution >= 4 is 37.4 Å². The molecule has 0 amide bonds. The van der Waals surface area contributed by atoms with E-state index < -0.39 is 10.0 Å². The zero-order valence-corrected chi connectivity index (χ0v) is 14.6. The van der Waals surface area contributed by atoms with E-state index in [0.29, 0.717) is 13.1 Å². The molecule has 1 aliphatic rings. The van der Waals surface area contributed by atoms with E-state index in [1.165, 1.54) is 11.8 Å². The summed E-state index contributed by atoms with van der Waals surface area (Å²) >= 11 is 1.63. The summed E-state index contributed by atoms with van der Waals surface area (Å²) in [5, 5.41) is 6.68. The molecule has 1 saturated heterocycles. The fourth-order valence-corrected chi connectivity index (χ4v) is 4.66. The maximum Gasteiger partial charge on any atom is 0.211 e. The van der Waals surface area contributed by atoms with Crippen LogP contribution in [0, 0.1) is 13.8 Å². The van der Waals surface area contributed by atoms with Crippen LogP contribution in [0.3, 0.4) is 0 Å². The second kappa shape index (κ2) is 5.75. The van der Waals surface area contributed by atoms with Crippen LogP contribution >= 0.6 is 11.3 Å². The van der Waals surface area contributed by atoms with Crippen LogP contribution in [0.25, 0.3) is 10.2 Å². The molecular weight excluding hydrogens is 320 g/mol. The van der Waals surface area contributed by atoms with Gasteiger partial charge in [-0.1, -0.05) is 0 Å². The Balaban J connectivity index is 1.79. The van der Waals surface area contributed by atoms with Gasteiger partial charge >= 0.3 is 0 Å². The molecule has 0 bridgehead atoms. The van der Waals surface area contributed by atoms with Gasteiger partial charge in [0.05, 0.1) is 11.6 Å². The predicted molar refractivity (Wildman–Crippen MR) is 90.0 cm³/mol. The van der Waals surface area contributed by atoms with Gasteiger partial charge in [0.1, 0.15) is 16.5 Å². The lowest BCUT2D eigenvalue weighted by Gasteiger charge is -2.31. The van der Waals surface area contributed by atoms with Gasteiger partial charge in [-0.25, -0.2) is 22.7 Å².